The van der Waals surface area contributed by atoms with Crippen molar-refractivity contribution in [3.63, 3.8) is 0 Å². The van der Waals surface area contributed by atoms with E-state index >= 15 is 0 Å². The Morgan fingerprint density at radius 3 is 1.22 bits per heavy atom. The first kappa shape index (κ1) is 48.7. The van der Waals surface area contributed by atoms with Gasteiger partial charge >= 0.3 is 128 Å². The smallest absolute Gasteiger partial charge is 0.417 e. The second-order valence-corrected chi connectivity index (χ2v) is 28.9. The zero-order valence-corrected chi connectivity index (χ0v) is 43.3. The van der Waals surface area contributed by atoms with Crippen LogP contribution in [0, 0.1) is 0 Å². The molecule has 2 N–H and O–H groups in total. The van der Waals surface area contributed by atoms with Gasteiger partial charge in [-0.2, -0.15) is 0 Å². The maximum Gasteiger partial charge on any atom is 2.00 e. The predicted octanol–water partition coefficient (Wildman–Crippen LogP) is 12.5. The van der Waals surface area contributed by atoms with Crippen LogP contribution in [-0.2, 0) is 26.2 Å². The van der Waals surface area contributed by atoms with Crippen LogP contribution in [0.4, 0.5) is 21.0 Å². The van der Waals surface area contributed by atoms with Gasteiger partial charge in [-0.05, 0) is 36.8 Å². The van der Waals surface area contributed by atoms with E-state index in [0.29, 0.717) is 0 Å². The summed E-state index contributed by atoms with van der Waals surface area (Å²) in [7, 11) is -3.46. The van der Waals surface area contributed by atoms with Crippen molar-refractivity contribution in [2.24, 2.45) is 0 Å². The van der Waals surface area contributed by atoms with E-state index in [1.807, 2.05) is 75.7 Å². The van der Waals surface area contributed by atoms with Gasteiger partial charge in [-0.1, -0.05) is 108 Å². The molecule has 309 valence electrons. The van der Waals surface area contributed by atoms with Crippen LogP contribution in [0.3, 0.4) is 0 Å². The average molecular weight is 968 g/mol. The Morgan fingerprint density at radius 1 is 0.533 bits per heavy atom. The number of fused-ring (bicyclic) bond motifs is 2. The van der Waals surface area contributed by atoms with Gasteiger partial charge in [0.1, 0.15) is 0 Å². The van der Waals surface area contributed by atoms with Crippen molar-refractivity contribution in [2.75, 3.05) is 36.0 Å². The number of amides is 2. The first-order valence-corrected chi connectivity index (χ1v) is 30.5. The Kier molecular flexibility index (Phi) is 19.9. The molecule has 8 rings (SSSR count). The number of nitrogens with zero attached hydrogens (tertiary/aromatic N) is 2. The molecule has 0 unspecified atom stereocenters. The monoisotopic (exact) mass is 965 g/mol. The van der Waals surface area contributed by atoms with Crippen molar-refractivity contribution in [2.45, 2.75) is 65.0 Å². The van der Waals surface area contributed by atoms with Gasteiger partial charge in [0, 0.05) is 26.2 Å². The first-order valence-electron chi connectivity index (χ1n) is 21.1. The molecule has 6 nitrogen and oxygen atoms in total. The van der Waals surface area contributed by atoms with E-state index in [0.717, 1.165) is 0 Å². The maximum atomic E-state index is 11.5. The minimum atomic E-state index is -1.73. The van der Waals surface area contributed by atoms with Gasteiger partial charge < -0.3 is 9.80 Å². The number of benzene rings is 4. The van der Waals surface area contributed by atoms with Crippen LogP contribution in [0.25, 0.3) is 33.7 Å². The first-order chi connectivity index (χ1) is 28.4. The second kappa shape index (κ2) is 24.5. The molecule has 0 atom stereocenters. The van der Waals surface area contributed by atoms with Gasteiger partial charge in [-0.3, -0.25) is 0 Å². The molecule has 1 radical (unpaired) electrons. The van der Waals surface area contributed by atoms with Gasteiger partial charge in [0.2, 0.25) is 0 Å². The number of carbonyl (C=O) groups is 2. The second-order valence-electron chi connectivity index (χ2n) is 17.1. The molecular formula is C50H62GaN4O2Si2Zr. The zero-order chi connectivity index (χ0) is 42.1. The number of hydrogen-bond acceptors (Lipinski definition) is 4. The predicted molar refractivity (Wildman–Crippen MR) is 262 cm³/mol. The number of anilines is 2. The topological polar surface area (TPSA) is 64.7 Å². The minimum absolute atomic E-state index is 0. The third kappa shape index (κ3) is 15.5. The number of nitrogens with one attached hydrogen (secondary N) is 2. The van der Waals surface area contributed by atoms with Gasteiger partial charge in [0.05, 0.1) is 0 Å². The molecule has 0 saturated carbocycles. The van der Waals surface area contributed by atoms with Gasteiger partial charge in [0.15, 0.2) is 0 Å². The summed E-state index contributed by atoms with van der Waals surface area (Å²) < 4.78 is 5.79. The Hall–Kier alpha value is -3.93. The molecule has 2 amide bonds. The summed E-state index contributed by atoms with van der Waals surface area (Å²) >= 11 is -1.13. The van der Waals surface area contributed by atoms with Crippen LogP contribution >= 0.6 is 0 Å². The fraction of sp³-hybridized carbons (Fsp3) is 0.280. The normalized spacial score (nSPS) is 13.8. The summed E-state index contributed by atoms with van der Waals surface area (Å²) in [5, 5.41) is 5.56. The molecule has 0 aliphatic carbocycles. The maximum absolute atomic E-state index is 11.5. The quantitative estimate of drug-likeness (QED) is 0.0861. The van der Waals surface area contributed by atoms with Crippen LogP contribution in [0.2, 0.25) is 39.3 Å². The SMILES string of the molecule is C(C=Cc1ccccc1)=Cc1ccccc1.C[Si](C)(C)C(=O)[NH][Ga][NH]C(=O)[Si](C)(C)C.[Zr+2].c1ccc2c(N3CCCC3)c[cH-]c2c1.c1ccc2c(N3CCCC3)c[cH-]c2c1. The summed E-state index contributed by atoms with van der Waals surface area (Å²) in [4.78, 5) is 28.1. The molecule has 60 heavy (non-hydrogen) atoms. The number of allylic oxidation sites excluding steroid dienone is 2. The molecule has 2 heterocycles. The van der Waals surface area contributed by atoms with Crippen LogP contribution in [0.5, 0.6) is 0 Å². The number of rotatable bonds is 9. The minimum Gasteiger partial charge on any atom is -0.417 e. The van der Waals surface area contributed by atoms with Gasteiger partial charge in [-0.25, -0.2) is 0 Å². The van der Waals surface area contributed by atoms with Crippen molar-refractivity contribution in [3.05, 3.63) is 157 Å². The molecule has 2 saturated heterocycles. The summed E-state index contributed by atoms with van der Waals surface area (Å²) in [6.45, 7) is 16.9. The van der Waals surface area contributed by atoms with E-state index < -0.39 is 34.0 Å². The fourth-order valence-electron chi connectivity index (χ4n) is 6.80. The molecule has 6 aromatic rings. The molecule has 0 spiro atoms. The van der Waals surface area contributed by atoms with Crippen LogP contribution in [-0.4, -0.2) is 71.3 Å². The Labute approximate surface area is 388 Å². The van der Waals surface area contributed by atoms with Crippen molar-refractivity contribution in [1.29, 1.82) is 0 Å². The summed E-state index contributed by atoms with van der Waals surface area (Å²) in [5.41, 5.74) is 5.60. The summed E-state index contributed by atoms with van der Waals surface area (Å²) in [6.07, 6.45) is 13.7. The van der Waals surface area contributed by atoms with Crippen molar-refractivity contribution in [1.82, 2.24) is 8.05 Å². The molecule has 10 heteroatoms. The van der Waals surface area contributed by atoms with E-state index in [1.165, 1.54) is 95.9 Å². The van der Waals surface area contributed by atoms with E-state index in [9.17, 15) is 9.59 Å². The van der Waals surface area contributed by atoms with Crippen molar-refractivity contribution in [3.8, 4) is 0 Å². The molecule has 2 aliphatic rings. The molecule has 2 fully saturated rings. The van der Waals surface area contributed by atoms with Crippen LogP contribution < -0.4 is 17.8 Å². The summed E-state index contributed by atoms with van der Waals surface area (Å²) in [5.74, 6) is 0. The average Bonchev–Trinajstić information content (AvgIpc) is 4.08. The van der Waals surface area contributed by atoms with Gasteiger partial charge in [0.25, 0.3) is 0 Å². The molecular weight excluding hydrogens is 906 g/mol. The Bertz CT molecular complexity index is 2090. The van der Waals surface area contributed by atoms with E-state index in [-0.39, 0.29) is 37.3 Å². The molecule has 0 bridgehead atoms. The molecule has 2 aliphatic heterocycles. The Morgan fingerprint density at radius 2 is 0.867 bits per heavy atom. The van der Waals surface area contributed by atoms with Crippen LogP contribution in [0.1, 0.15) is 36.8 Å². The van der Waals surface area contributed by atoms with E-state index in [4.69, 9.17) is 0 Å². The van der Waals surface area contributed by atoms with E-state index in [2.05, 4.69) is 139 Å². The van der Waals surface area contributed by atoms with Gasteiger partial charge in [-0.15, -0.1) is 82.2 Å². The fourth-order valence-corrected chi connectivity index (χ4v) is 14.6. The van der Waals surface area contributed by atoms with E-state index in [1.54, 1.807) is 0 Å². The molecule has 0 aromatic heterocycles. The van der Waals surface area contributed by atoms with Crippen molar-refractivity contribution >= 4 is 90.2 Å². The molecule has 6 aromatic carbocycles. The van der Waals surface area contributed by atoms with Crippen molar-refractivity contribution < 1.29 is 35.8 Å². The number of hydrogen-bond donors (Lipinski definition) is 2. The third-order valence-electron chi connectivity index (χ3n) is 10.3. The zero-order valence-electron chi connectivity index (χ0n) is 36.5. The standard InChI is InChI=1S/C16H14.2C13H14N.2C4H11NOSi.Ga.Zr/c1-3-9-15(10-4-1)13-7-8-14-16-11-5-2-6-12-16;2*1-2-6-12-11(5-1)7-8-13(12)14-9-3-4-10-14;2*1-7(2,3)4(5)6;;/h1-14H;2*1-2,5-8H,3-4,9-10H2;2*1-3H3,(H2,5,6);;/q;2*-1;;;2*+2/p-2. The largest absolute Gasteiger partial charge is 2.00 e. The Balaban J connectivity index is 0.000000176. The van der Waals surface area contributed by atoms with Crippen LogP contribution in [0.15, 0.2) is 146 Å². The number of carbonyl (C=O) groups excluding carboxylic acids is 2. The summed E-state index contributed by atoms with van der Waals surface area (Å²) in [6, 6.07) is 46.8. The third-order valence-corrected chi connectivity index (χ3v) is 16.2.